The zero-order valence-electron chi connectivity index (χ0n) is 17.5. The lowest BCUT2D eigenvalue weighted by atomic mass is 9.88. The molecule has 3 fully saturated rings. The van der Waals surface area contributed by atoms with E-state index in [1.165, 1.54) is 6.33 Å². The topological polar surface area (TPSA) is 97.4 Å². The van der Waals surface area contributed by atoms with Crippen LogP contribution in [0.5, 0.6) is 5.75 Å². The summed E-state index contributed by atoms with van der Waals surface area (Å²) in [5.41, 5.74) is 8.23. The number of nitrogens with one attached hydrogen (secondary N) is 1. The summed E-state index contributed by atoms with van der Waals surface area (Å²) in [7, 11) is 0. The molecule has 2 saturated heterocycles. The summed E-state index contributed by atoms with van der Waals surface area (Å²) in [5.74, 6) is 1.60. The zero-order valence-corrected chi connectivity index (χ0v) is 17.5. The maximum absolute atomic E-state index is 8.73. The normalized spacial score (nSPS) is 21.6. The first-order chi connectivity index (χ1) is 14.5. The average Bonchev–Trinajstić information content (AvgIpc) is 3.31. The van der Waals surface area contributed by atoms with E-state index < -0.39 is 0 Å². The summed E-state index contributed by atoms with van der Waals surface area (Å²) >= 11 is 0. The zero-order chi connectivity index (χ0) is 20.8. The highest BCUT2D eigenvalue weighted by atomic mass is 16.5. The van der Waals surface area contributed by atoms with Gasteiger partial charge in [0.15, 0.2) is 0 Å². The van der Waals surface area contributed by atoms with Crippen molar-refractivity contribution in [3.8, 4) is 5.75 Å². The van der Waals surface area contributed by atoms with E-state index in [0.29, 0.717) is 16.9 Å². The molecule has 1 aliphatic carbocycles. The Morgan fingerprint density at radius 2 is 1.93 bits per heavy atom. The smallest absolute Gasteiger partial charge is 0.132 e. The second-order valence-electron chi connectivity index (χ2n) is 9.06. The number of rotatable bonds is 5. The first-order valence-electron chi connectivity index (χ1n) is 10.8. The van der Waals surface area contributed by atoms with Crippen LogP contribution in [0.25, 0.3) is 0 Å². The minimum absolute atomic E-state index is 0.0756. The third-order valence-electron chi connectivity index (χ3n) is 6.70. The molecule has 1 spiro atoms. The Morgan fingerprint density at radius 1 is 1.13 bits per heavy atom. The number of benzene rings is 1. The van der Waals surface area contributed by atoms with Gasteiger partial charge in [0, 0.05) is 37.0 Å². The van der Waals surface area contributed by atoms with Crippen LogP contribution in [-0.4, -0.2) is 46.6 Å². The molecule has 158 valence electrons. The predicted octanol–water partition coefficient (Wildman–Crippen LogP) is 3.56. The minimum atomic E-state index is -0.0771. The summed E-state index contributed by atoms with van der Waals surface area (Å²) in [6.45, 7) is 4.81. The molecule has 0 bridgehead atoms. The van der Waals surface area contributed by atoms with Crippen molar-refractivity contribution in [2.45, 2.75) is 56.7 Å². The van der Waals surface area contributed by atoms with E-state index >= 15 is 0 Å². The van der Waals surface area contributed by atoms with Crippen molar-refractivity contribution in [3.05, 3.63) is 41.9 Å². The van der Waals surface area contributed by atoms with E-state index in [1.54, 1.807) is 6.07 Å². The average molecular weight is 408 g/mol. The SMILES string of the molecule is CC1(Oc2ccc(N)c(C(=N)c3cc(N4CCC5(CCCO5)CC4)ncn3)c2)CC1. The molecule has 3 heterocycles. The van der Waals surface area contributed by atoms with Gasteiger partial charge >= 0.3 is 0 Å². The van der Waals surface area contributed by atoms with E-state index in [2.05, 4.69) is 21.8 Å². The Morgan fingerprint density at radius 3 is 2.63 bits per heavy atom. The summed E-state index contributed by atoms with van der Waals surface area (Å²) in [6, 6.07) is 7.42. The largest absolute Gasteiger partial charge is 0.488 e. The first-order valence-corrected chi connectivity index (χ1v) is 10.8. The fourth-order valence-electron chi connectivity index (χ4n) is 4.47. The molecule has 1 saturated carbocycles. The fourth-order valence-corrected chi connectivity index (χ4v) is 4.47. The number of nitrogens with two attached hydrogens (primary N) is 1. The van der Waals surface area contributed by atoms with Crippen molar-refractivity contribution in [1.82, 2.24) is 9.97 Å². The molecule has 0 radical (unpaired) electrons. The number of anilines is 2. The summed E-state index contributed by atoms with van der Waals surface area (Å²) in [5, 5.41) is 8.73. The fraction of sp³-hybridized carbons (Fsp3) is 0.522. The Kier molecular flexibility index (Phi) is 4.65. The lowest BCUT2D eigenvalue weighted by molar-refractivity contribution is -0.0147. The van der Waals surface area contributed by atoms with Gasteiger partial charge in [0.1, 0.15) is 23.5 Å². The summed E-state index contributed by atoms with van der Waals surface area (Å²) in [4.78, 5) is 11.1. The third-order valence-corrected chi connectivity index (χ3v) is 6.70. The second kappa shape index (κ2) is 7.23. The molecule has 0 unspecified atom stereocenters. The minimum Gasteiger partial charge on any atom is -0.488 e. The molecule has 30 heavy (non-hydrogen) atoms. The number of piperidine rings is 1. The van der Waals surface area contributed by atoms with E-state index in [0.717, 1.165) is 69.8 Å². The Bertz CT molecular complexity index is 956. The maximum atomic E-state index is 8.73. The Balaban J connectivity index is 1.34. The van der Waals surface area contributed by atoms with Gasteiger partial charge in [0.2, 0.25) is 0 Å². The molecule has 3 N–H and O–H groups in total. The number of aromatic nitrogens is 2. The van der Waals surface area contributed by atoms with Gasteiger partial charge in [0.05, 0.1) is 17.0 Å². The van der Waals surface area contributed by atoms with E-state index in [4.69, 9.17) is 20.6 Å². The van der Waals surface area contributed by atoms with Gasteiger partial charge in [-0.05, 0) is 63.6 Å². The van der Waals surface area contributed by atoms with Gasteiger partial charge in [-0.15, -0.1) is 0 Å². The van der Waals surface area contributed by atoms with Gasteiger partial charge in [0.25, 0.3) is 0 Å². The molecule has 3 aliphatic rings. The molecule has 1 aromatic heterocycles. The maximum Gasteiger partial charge on any atom is 0.132 e. The van der Waals surface area contributed by atoms with E-state index in [1.807, 2.05) is 18.2 Å². The molecule has 2 aromatic rings. The first kappa shape index (κ1) is 19.3. The standard InChI is InChI=1S/C23H29N5O2/c1-22(6-7-22)30-16-3-4-18(24)17(13-16)21(25)19-14-20(27-15-26-19)28-10-8-23(9-11-28)5-2-12-29-23/h3-4,13-15,25H,2,5-12,24H2,1H3. The van der Waals surface area contributed by atoms with Gasteiger partial charge in [-0.25, -0.2) is 9.97 Å². The number of hydrogen-bond donors (Lipinski definition) is 2. The Hall–Kier alpha value is -2.67. The molecule has 5 rings (SSSR count). The van der Waals surface area contributed by atoms with Crippen molar-refractivity contribution in [3.63, 3.8) is 0 Å². The molecule has 0 amide bonds. The van der Waals surface area contributed by atoms with Crippen LogP contribution in [0.2, 0.25) is 0 Å². The molecular weight excluding hydrogens is 378 g/mol. The van der Waals surface area contributed by atoms with E-state index in [-0.39, 0.29) is 16.9 Å². The molecule has 7 heteroatoms. The van der Waals surface area contributed by atoms with Crippen molar-refractivity contribution >= 4 is 17.2 Å². The Labute approximate surface area is 177 Å². The number of hydrogen-bond acceptors (Lipinski definition) is 7. The number of nitrogens with zero attached hydrogens (tertiary/aromatic N) is 3. The molecule has 2 aliphatic heterocycles. The number of nitrogen functional groups attached to an aromatic ring is 1. The highest BCUT2D eigenvalue weighted by Crippen LogP contribution is 2.40. The van der Waals surface area contributed by atoms with Gasteiger partial charge in [-0.1, -0.05) is 0 Å². The summed E-state index contributed by atoms with van der Waals surface area (Å²) < 4.78 is 12.1. The molecule has 0 atom stereocenters. The lowest BCUT2D eigenvalue weighted by Crippen LogP contribution is -2.44. The van der Waals surface area contributed by atoms with Crippen LogP contribution >= 0.6 is 0 Å². The monoisotopic (exact) mass is 407 g/mol. The quantitative estimate of drug-likeness (QED) is 0.581. The lowest BCUT2D eigenvalue weighted by Gasteiger charge is -2.39. The van der Waals surface area contributed by atoms with Crippen molar-refractivity contribution in [2.75, 3.05) is 30.3 Å². The van der Waals surface area contributed by atoms with Crippen LogP contribution in [0.1, 0.15) is 56.7 Å². The van der Waals surface area contributed by atoms with Crippen molar-refractivity contribution in [1.29, 1.82) is 5.41 Å². The molecule has 7 nitrogen and oxygen atoms in total. The highest BCUT2D eigenvalue weighted by molar-refractivity contribution is 6.13. The number of ether oxygens (including phenoxy) is 2. The third kappa shape index (κ3) is 3.74. The molecule has 1 aromatic carbocycles. The van der Waals surface area contributed by atoms with Crippen molar-refractivity contribution < 1.29 is 9.47 Å². The van der Waals surface area contributed by atoms with Gasteiger partial charge in [-0.3, -0.25) is 5.41 Å². The summed E-state index contributed by atoms with van der Waals surface area (Å²) in [6.07, 6.45) is 8.03. The van der Waals surface area contributed by atoms with E-state index in [9.17, 15) is 0 Å². The second-order valence-corrected chi connectivity index (χ2v) is 9.06. The molecular formula is C23H29N5O2. The van der Waals surface area contributed by atoms with Crippen LogP contribution in [0.15, 0.2) is 30.6 Å². The van der Waals surface area contributed by atoms with Crippen LogP contribution in [0, 0.1) is 5.41 Å². The van der Waals surface area contributed by atoms with Crippen molar-refractivity contribution in [2.24, 2.45) is 0 Å². The van der Waals surface area contributed by atoms with Crippen LogP contribution in [0.3, 0.4) is 0 Å². The predicted molar refractivity (Wildman–Crippen MR) is 116 cm³/mol. The van der Waals surface area contributed by atoms with Gasteiger partial charge in [-0.2, -0.15) is 0 Å². The van der Waals surface area contributed by atoms with Crippen LogP contribution in [-0.2, 0) is 4.74 Å². The van der Waals surface area contributed by atoms with Gasteiger partial charge < -0.3 is 20.1 Å². The van der Waals surface area contributed by atoms with Crippen LogP contribution < -0.4 is 15.4 Å². The highest BCUT2D eigenvalue weighted by Gasteiger charge is 2.40. The van der Waals surface area contributed by atoms with Crippen LogP contribution in [0.4, 0.5) is 11.5 Å².